The van der Waals surface area contributed by atoms with Gasteiger partial charge in [-0.25, -0.2) is 4.79 Å². The van der Waals surface area contributed by atoms with Gasteiger partial charge in [-0.3, -0.25) is 0 Å². The van der Waals surface area contributed by atoms with Gasteiger partial charge in [-0.15, -0.1) is 0 Å². The molecule has 1 aliphatic heterocycles. The maximum absolute atomic E-state index is 12.1. The average Bonchev–Trinajstić information content (AvgIpc) is 3.11. The maximum Gasteiger partial charge on any atom is 0.410 e. The summed E-state index contributed by atoms with van der Waals surface area (Å²) < 4.78 is 6.94. The van der Waals surface area contributed by atoms with E-state index in [2.05, 4.69) is 5.10 Å². The van der Waals surface area contributed by atoms with E-state index in [0.717, 1.165) is 5.56 Å². The highest BCUT2D eigenvalue weighted by Gasteiger charge is 2.27. The van der Waals surface area contributed by atoms with Gasteiger partial charge in [0, 0.05) is 13.1 Å². The summed E-state index contributed by atoms with van der Waals surface area (Å²) >= 11 is 0. The molecule has 1 aliphatic rings. The zero-order chi connectivity index (χ0) is 16.9. The van der Waals surface area contributed by atoms with Crippen LogP contribution < -0.4 is 0 Å². The van der Waals surface area contributed by atoms with Crippen molar-refractivity contribution >= 4 is 11.9 Å². The van der Waals surface area contributed by atoms with Gasteiger partial charge in [0.15, 0.2) is 0 Å². The quantitative estimate of drug-likeness (QED) is 0.635. The molecule has 0 atom stereocenters. The molecule has 0 unspecified atom stereocenters. The molecule has 1 amide bonds. The summed E-state index contributed by atoms with van der Waals surface area (Å²) in [4.78, 5) is 23.9. The number of ether oxygens (including phenoxy) is 1. The second kappa shape index (κ2) is 7.12. The van der Waals surface area contributed by atoms with Crippen molar-refractivity contribution in [3.05, 3.63) is 58.3 Å². The lowest BCUT2D eigenvalue weighted by molar-refractivity contribution is -0.389. The molecule has 3 rings (SSSR count). The third-order valence-electron chi connectivity index (χ3n) is 4.08. The molecular weight excluding hydrogens is 312 g/mol. The molecule has 0 N–H and O–H groups in total. The Balaban J connectivity index is 1.49. The highest BCUT2D eigenvalue weighted by Crippen LogP contribution is 2.23. The Bertz CT molecular complexity index is 708. The molecule has 0 saturated carbocycles. The summed E-state index contributed by atoms with van der Waals surface area (Å²) in [5, 5.41) is 14.6. The van der Waals surface area contributed by atoms with E-state index in [1.54, 1.807) is 15.8 Å². The fraction of sp³-hybridized carbons (Fsp3) is 0.375. The first-order chi connectivity index (χ1) is 11.6. The minimum Gasteiger partial charge on any atom is -0.445 e. The van der Waals surface area contributed by atoms with Crippen molar-refractivity contribution in [1.82, 2.24) is 14.7 Å². The molecule has 1 aromatic heterocycles. The van der Waals surface area contributed by atoms with E-state index in [-0.39, 0.29) is 24.6 Å². The van der Waals surface area contributed by atoms with E-state index < -0.39 is 4.92 Å². The number of piperidine rings is 1. The van der Waals surface area contributed by atoms with Crippen LogP contribution in [0.25, 0.3) is 0 Å². The molecule has 2 heterocycles. The van der Waals surface area contributed by atoms with Gasteiger partial charge in [0.1, 0.15) is 6.61 Å². The molecule has 24 heavy (non-hydrogen) atoms. The standard InChI is InChI=1S/C16H18N4O4/c21-16(24-12-13-4-2-1-3-5-13)18-9-6-14(7-10-18)19-11-8-15(17-19)20(22)23/h1-5,8,11,14H,6-7,9-10,12H2. The number of amides is 1. The Hall–Kier alpha value is -2.90. The largest absolute Gasteiger partial charge is 0.445 e. The van der Waals surface area contributed by atoms with Crippen molar-refractivity contribution < 1.29 is 14.5 Å². The lowest BCUT2D eigenvalue weighted by atomic mass is 10.1. The first kappa shape index (κ1) is 16.0. The molecule has 8 nitrogen and oxygen atoms in total. The first-order valence-electron chi connectivity index (χ1n) is 7.78. The Kier molecular flexibility index (Phi) is 4.74. The monoisotopic (exact) mass is 330 g/mol. The van der Waals surface area contributed by atoms with Crippen LogP contribution in [-0.4, -0.2) is 38.8 Å². The highest BCUT2D eigenvalue weighted by molar-refractivity contribution is 5.67. The number of rotatable bonds is 4. The highest BCUT2D eigenvalue weighted by atomic mass is 16.6. The average molecular weight is 330 g/mol. The normalized spacial score (nSPS) is 15.2. The lowest BCUT2D eigenvalue weighted by Gasteiger charge is -2.30. The lowest BCUT2D eigenvalue weighted by Crippen LogP contribution is -2.39. The van der Waals surface area contributed by atoms with Crippen molar-refractivity contribution in [2.75, 3.05) is 13.1 Å². The van der Waals surface area contributed by atoms with Gasteiger partial charge in [0.2, 0.25) is 0 Å². The number of carbonyl (C=O) groups is 1. The molecule has 126 valence electrons. The van der Waals surface area contributed by atoms with E-state index in [1.807, 2.05) is 30.3 Å². The van der Waals surface area contributed by atoms with Gasteiger partial charge in [-0.1, -0.05) is 30.3 Å². The predicted molar refractivity (Wildman–Crippen MR) is 85.4 cm³/mol. The number of nitro groups is 1. The van der Waals surface area contributed by atoms with Gasteiger partial charge >= 0.3 is 11.9 Å². The second-order valence-electron chi connectivity index (χ2n) is 5.67. The Morgan fingerprint density at radius 2 is 1.96 bits per heavy atom. The molecule has 2 aromatic rings. The van der Waals surface area contributed by atoms with E-state index in [4.69, 9.17) is 4.74 Å². The summed E-state index contributed by atoms with van der Waals surface area (Å²) in [6.45, 7) is 1.35. The van der Waals surface area contributed by atoms with Gasteiger partial charge in [-0.2, -0.15) is 4.68 Å². The summed E-state index contributed by atoms with van der Waals surface area (Å²) in [7, 11) is 0. The van der Waals surface area contributed by atoms with Crippen LogP contribution in [0.3, 0.4) is 0 Å². The molecule has 0 spiro atoms. The van der Waals surface area contributed by atoms with Crippen LogP contribution in [0.4, 0.5) is 10.6 Å². The minimum absolute atomic E-state index is 0.0665. The van der Waals surface area contributed by atoms with Crippen LogP contribution >= 0.6 is 0 Å². The van der Waals surface area contributed by atoms with Crippen molar-refractivity contribution in [2.45, 2.75) is 25.5 Å². The summed E-state index contributed by atoms with van der Waals surface area (Å²) in [6.07, 6.45) is 2.67. The molecule has 1 saturated heterocycles. The molecule has 1 aromatic carbocycles. The van der Waals surface area contributed by atoms with Crippen LogP contribution in [0.5, 0.6) is 0 Å². The van der Waals surface area contributed by atoms with Crippen molar-refractivity contribution in [2.24, 2.45) is 0 Å². The van der Waals surface area contributed by atoms with E-state index in [0.29, 0.717) is 25.9 Å². The van der Waals surface area contributed by atoms with Crippen LogP contribution in [-0.2, 0) is 11.3 Å². The number of hydrogen-bond donors (Lipinski definition) is 0. The fourth-order valence-electron chi connectivity index (χ4n) is 2.75. The zero-order valence-electron chi connectivity index (χ0n) is 13.1. The number of aromatic nitrogens is 2. The maximum atomic E-state index is 12.1. The first-order valence-corrected chi connectivity index (χ1v) is 7.78. The summed E-state index contributed by atoms with van der Waals surface area (Å²) in [5.74, 6) is -0.153. The van der Waals surface area contributed by atoms with Gasteiger partial charge in [0.25, 0.3) is 0 Å². The summed E-state index contributed by atoms with van der Waals surface area (Å²) in [5.41, 5.74) is 0.949. The Labute approximate surface area is 138 Å². The van der Waals surface area contributed by atoms with Gasteiger partial charge in [-0.05, 0) is 23.3 Å². The number of nitrogens with zero attached hydrogens (tertiary/aromatic N) is 4. The SMILES string of the molecule is O=C(OCc1ccccc1)N1CCC(n2ccc([N+](=O)[O-])n2)CC1. The Morgan fingerprint density at radius 3 is 2.58 bits per heavy atom. The van der Waals surface area contributed by atoms with Crippen LogP contribution in [0.2, 0.25) is 0 Å². The smallest absolute Gasteiger partial charge is 0.410 e. The minimum atomic E-state index is -0.507. The van der Waals surface area contributed by atoms with E-state index >= 15 is 0 Å². The van der Waals surface area contributed by atoms with Gasteiger partial charge < -0.3 is 19.8 Å². The van der Waals surface area contributed by atoms with Crippen molar-refractivity contribution in [3.63, 3.8) is 0 Å². The van der Waals surface area contributed by atoms with E-state index in [1.165, 1.54) is 6.07 Å². The van der Waals surface area contributed by atoms with Crippen LogP contribution in [0, 0.1) is 10.1 Å². The predicted octanol–water partition coefficient (Wildman–Crippen LogP) is 2.77. The number of benzene rings is 1. The third kappa shape index (κ3) is 3.70. The summed E-state index contributed by atoms with van der Waals surface area (Å²) in [6, 6.07) is 11.0. The molecule has 1 fully saturated rings. The van der Waals surface area contributed by atoms with E-state index in [9.17, 15) is 14.9 Å². The Morgan fingerprint density at radius 1 is 1.25 bits per heavy atom. The second-order valence-corrected chi connectivity index (χ2v) is 5.67. The topological polar surface area (TPSA) is 90.5 Å². The zero-order valence-corrected chi connectivity index (χ0v) is 13.1. The fourth-order valence-corrected chi connectivity index (χ4v) is 2.75. The van der Waals surface area contributed by atoms with Crippen molar-refractivity contribution in [3.8, 4) is 0 Å². The van der Waals surface area contributed by atoms with Crippen LogP contribution in [0.1, 0.15) is 24.4 Å². The molecule has 8 heteroatoms. The number of hydrogen-bond acceptors (Lipinski definition) is 5. The van der Waals surface area contributed by atoms with Gasteiger partial charge in [0.05, 0.1) is 23.4 Å². The number of likely N-dealkylation sites (tertiary alicyclic amines) is 1. The molecule has 0 aliphatic carbocycles. The molecule has 0 bridgehead atoms. The third-order valence-corrected chi connectivity index (χ3v) is 4.08. The molecular formula is C16H18N4O4. The van der Waals surface area contributed by atoms with Crippen molar-refractivity contribution in [1.29, 1.82) is 0 Å². The number of carbonyl (C=O) groups excluding carboxylic acids is 1. The van der Waals surface area contributed by atoms with Crippen LogP contribution in [0.15, 0.2) is 42.6 Å². The molecule has 0 radical (unpaired) electrons.